The Labute approximate surface area is 126 Å². The van der Waals surface area contributed by atoms with Crippen molar-refractivity contribution in [1.82, 2.24) is 9.55 Å². The lowest BCUT2D eigenvalue weighted by atomic mass is 10.3. The zero-order chi connectivity index (χ0) is 15.2. The molecule has 0 saturated carbocycles. The number of para-hydroxylation sites is 1. The third kappa shape index (κ3) is 2.22. The van der Waals surface area contributed by atoms with Crippen molar-refractivity contribution >= 4 is 33.0 Å². The standard InChI is InChI=1S/C13H12ClN3O3S/c1-16(9-5-3-2-4-6-9)12(18)10-11(14)15-13-17(10)7-8-21(13,19)20/h2-6H,7-8H2,1H3. The molecule has 1 aliphatic rings. The van der Waals surface area contributed by atoms with E-state index in [1.165, 1.54) is 9.47 Å². The molecule has 0 radical (unpaired) electrons. The number of fused-ring (bicyclic) bond motifs is 1. The molecule has 1 aliphatic heterocycles. The van der Waals surface area contributed by atoms with Crippen LogP contribution in [0.4, 0.5) is 5.69 Å². The molecule has 0 fully saturated rings. The molecule has 0 N–H and O–H groups in total. The van der Waals surface area contributed by atoms with Gasteiger partial charge >= 0.3 is 0 Å². The minimum Gasteiger partial charge on any atom is -0.310 e. The predicted octanol–water partition coefficient (Wildman–Crippen LogP) is 1.60. The largest absolute Gasteiger partial charge is 0.310 e. The normalized spacial score (nSPS) is 15.7. The number of sulfone groups is 1. The van der Waals surface area contributed by atoms with Crippen LogP contribution < -0.4 is 4.90 Å². The molecule has 1 aromatic heterocycles. The van der Waals surface area contributed by atoms with Crippen LogP contribution in [0.3, 0.4) is 0 Å². The number of rotatable bonds is 2. The minimum atomic E-state index is -3.43. The number of nitrogens with zero attached hydrogens (tertiary/aromatic N) is 3. The van der Waals surface area contributed by atoms with Crippen LogP contribution in [0, 0.1) is 0 Å². The lowest BCUT2D eigenvalue weighted by Gasteiger charge is -2.17. The molecule has 0 atom stereocenters. The maximum absolute atomic E-state index is 12.6. The highest BCUT2D eigenvalue weighted by Crippen LogP contribution is 2.28. The molecule has 1 amide bonds. The SMILES string of the molecule is CN(C(=O)c1c(Cl)nc2n1CCS2(=O)=O)c1ccccc1. The Morgan fingerprint density at radius 3 is 2.67 bits per heavy atom. The third-order valence-corrected chi connectivity index (χ3v) is 5.25. The van der Waals surface area contributed by atoms with Crippen LogP contribution in [0.1, 0.15) is 10.5 Å². The second kappa shape index (κ2) is 4.85. The fourth-order valence-electron chi connectivity index (χ4n) is 2.28. The molecule has 110 valence electrons. The first kappa shape index (κ1) is 14.1. The molecule has 6 nitrogen and oxygen atoms in total. The van der Waals surface area contributed by atoms with E-state index in [4.69, 9.17) is 11.6 Å². The third-order valence-electron chi connectivity index (χ3n) is 3.40. The van der Waals surface area contributed by atoms with E-state index < -0.39 is 9.84 Å². The van der Waals surface area contributed by atoms with Gasteiger partial charge in [-0.3, -0.25) is 4.79 Å². The molecule has 21 heavy (non-hydrogen) atoms. The van der Waals surface area contributed by atoms with E-state index in [-0.39, 0.29) is 34.2 Å². The molecule has 2 aromatic rings. The molecule has 0 aliphatic carbocycles. The molecular weight excluding hydrogens is 314 g/mol. The Balaban J connectivity index is 2.05. The number of hydrogen-bond acceptors (Lipinski definition) is 4. The topological polar surface area (TPSA) is 72.3 Å². The smallest absolute Gasteiger partial charge is 0.277 e. The summed E-state index contributed by atoms with van der Waals surface area (Å²) in [6.45, 7) is 0.196. The van der Waals surface area contributed by atoms with Gasteiger partial charge in [0.25, 0.3) is 5.91 Å². The first-order chi connectivity index (χ1) is 9.92. The Kier molecular flexibility index (Phi) is 3.26. The Bertz CT molecular complexity index is 815. The average molecular weight is 326 g/mol. The molecule has 2 heterocycles. The fraction of sp³-hybridized carbons (Fsp3) is 0.231. The van der Waals surface area contributed by atoms with Crippen molar-refractivity contribution in [3.63, 3.8) is 0 Å². The maximum atomic E-state index is 12.6. The van der Waals surface area contributed by atoms with Crippen molar-refractivity contribution in [2.45, 2.75) is 11.7 Å². The van der Waals surface area contributed by atoms with Gasteiger partial charge < -0.3 is 9.47 Å². The van der Waals surface area contributed by atoms with E-state index in [0.29, 0.717) is 5.69 Å². The van der Waals surface area contributed by atoms with Crippen LogP contribution >= 0.6 is 11.6 Å². The van der Waals surface area contributed by atoms with E-state index in [0.717, 1.165) is 0 Å². The van der Waals surface area contributed by atoms with Crippen molar-refractivity contribution < 1.29 is 13.2 Å². The van der Waals surface area contributed by atoms with Crippen LogP contribution in [0.15, 0.2) is 35.5 Å². The summed E-state index contributed by atoms with van der Waals surface area (Å²) in [5.41, 5.74) is 0.800. The first-order valence-corrected chi connectivity index (χ1v) is 8.27. The maximum Gasteiger partial charge on any atom is 0.277 e. The molecule has 0 unspecified atom stereocenters. The average Bonchev–Trinajstić information content (AvgIpc) is 2.95. The number of anilines is 1. The van der Waals surface area contributed by atoms with Crippen LogP contribution in [-0.2, 0) is 16.4 Å². The zero-order valence-corrected chi connectivity index (χ0v) is 12.7. The summed E-state index contributed by atoms with van der Waals surface area (Å²) in [6, 6.07) is 9.03. The van der Waals surface area contributed by atoms with Crippen LogP contribution in [0.2, 0.25) is 5.15 Å². The van der Waals surface area contributed by atoms with Crippen molar-refractivity contribution in [2.24, 2.45) is 0 Å². The van der Waals surface area contributed by atoms with Crippen LogP contribution in [-0.4, -0.2) is 36.7 Å². The number of halogens is 1. The summed E-state index contributed by atoms with van der Waals surface area (Å²) >= 11 is 5.97. The van der Waals surface area contributed by atoms with Gasteiger partial charge in [-0.15, -0.1) is 0 Å². The van der Waals surface area contributed by atoms with Gasteiger partial charge in [-0.1, -0.05) is 29.8 Å². The highest BCUT2D eigenvalue weighted by atomic mass is 35.5. The van der Waals surface area contributed by atoms with Crippen LogP contribution in [0.5, 0.6) is 0 Å². The van der Waals surface area contributed by atoms with E-state index >= 15 is 0 Å². The molecule has 0 bridgehead atoms. The Morgan fingerprint density at radius 2 is 2.00 bits per heavy atom. The zero-order valence-electron chi connectivity index (χ0n) is 11.2. The summed E-state index contributed by atoms with van der Waals surface area (Å²) < 4.78 is 25.0. The number of hydrogen-bond donors (Lipinski definition) is 0. The van der Waals surface area contributed by atoms with Crippen LogP contribution in [0.25, 0.3) is 0 Å². The van der Waals surface area contributed by atoms with Crippen molar-refractivity contribution in [2.75, 3.05) is 17.7 Å². The van der Waals surface area contributed by atoms with E-state index in [1.54, 1.807) is 19.2 Å². The summed E-state index contributed by atoms with van der Waals surface area (Å²) in [5.74, 6) is -0.441. The second-order valence-corrected chi connectivity index (χ2v) is 7.06. The highest BCUT2D eigenvalue weighted by molar-refractivity contribution is 7.91. The monoisotopic (exact) mass is 325 g/mol. The summed E-state index contributed by atoms with van der Waals surface area (Å²) in [5, 5.41) is -0.210. The van der Waals surface area contributed by atoms with Gasteiger partial charge in [-0.25, -0.2) is 13.4 Å². The van der Waals surface area contributed by atoms with Gasteiger partial charge in [-0.2, -0.15) is 0 Å². The number of imidazole rings is 1. The molecular formula is C13H12ClN3O3S. The number of amides is 1. The fourth-order valence-corrected chi connectivity index (χ4v) is 3.95. The molecule has 0 saturated heterocycles. The lowest BCUT2D eigenvalue weighted by molar-refractivity contribution is 0.0984. The minimum absolute atomic E-state index is 0.0537. The van der Waals surface area contributed by atoms with E-state index in [1.807, 2.05) is 18.2 Å². The Hall–Kier alpha value is -1.86. The molecule has 1 aromatic carbocycles. The van der Waals surface area contributed by atoms with Gasteiger partial charge in [-0.05, 0) is 12.1 Å². The van der Waals surface area contributed by atoms with Gasteiger partial charge in [0.2, 0.25) is 15.0 Å². The molecule has 3 rings (SSSR count). The van der Waals surface area contributed by atoms with E-state index in [2.05, 4.69) is 4.98 Å². The predicted molar refractivity (Wildman–Crippen MR) is 78.5 cm³/mol. The highest BCUT2D eigenvalue weighted by Gasteiger charge is 2.35. The van der Waals surface area contributed by atoms with Crippen molar-refractivity contribution in [3.05, 3.63) is 41.2 Å². The summed E-state index contributed by atoms with van der Waals surface area (Å²) in [4.78, 5) is 17.8. The quantitative estimate of drug-likeness (QED) is 0.840. The van der Waals surface area contributed by atoms with Gasteiger partial charge in [0.1, 0.15) is 5.69 Å². The lowest BCUT2D eigenvalue weighted by Crippen LogP contribution is -2.28. The number of benzene rings is 1. The number of carbonyl (C=O) groups excluding carboxylic acids is 1. The number of aromatic nitrogens is 2. The summed E-state index contributed by atoms with van der Waals surface area (Å²) in [6.07, 6.45) is 0. The number of carbonyl (C=O) groups is 1. The van der Waals surface area contributed by atoms with Gasteiger partial charge in [0.15, 0.2) is 5.15 Å². The second-order valence-electron chi connectivity index (χ2n) is 4.70. The Morgan fingerprint density at radius 1 is 1.33 bits per heavy atom. The van der Waals surface area contributed by atoms with E-state index in [9.17, 15) is 13.2 Å². The first-order valence-electron chi connectivity index (χ1n) is 6.24. The molecule has 0 spiro atoms. The summed E-state index contributed by atoms with van der Waals surface area (Å²) in [7, 11) is -1.83. The van der Waals surface area contributed by atoms with Gasteiger partial charge in [0.05, 0.1) is 5.75 Å². The van der Waals surface area contributed by atoms with Crippen molar-refractivity contribution in [3.8, 4) is 0 Å². The van der Waals surface area contributed by atoms with Gasteiger partial charge in [0, 0.05) is 19.3 Å². The van der Waals surface area contributed by atoms with Crippen molar-refractivity contribution in [1.29, 1.82) is 0 Å². The molecule has 8 heteroatoms.